The molecule has 0 saturated carbocycles. The van der Waals surface area contributed by atoms with Gasteiger partial charge in [0.05, 0.1) is 15.6 Å². The van der Waals surface area contributed by atoms with Gasteiger partial charge in [-0.2, -0.15) is 0 Å². The lowest BCUT2D eigenvalue weighted by atomic mass is 10.2. The van der Waals surface area contributed by atoms with Crippen LogP contribution in [0, 0.1) is 4.91 Å². The summed E-state index contributed by atoms with van der Waals surface area (Å²) >= 11 is 0. The van der Waals surface area contributed by atoms with Gasteiger partial charge >= 0.3 is 5.69 Å². The molecule has 0 atom stereocenters. The number of rotatable bonds is 4. The number of hydrogen-bond donors (Lipinski definition) is 1. The standard InChI is InChI=1S/C13H12NO4S/c15-14(16)12-6-8-13(9-7-12)19(17,18)10-11-4-2-1-3-5-11/h1-9H,10H2,(H,15,16)/q+1. The lowest BCUT2D eigenvalue weighted by molar-refractivity contribution is -0.729. The highest BCUT2D eigenvalue weighted by molar-refractivity contribution is 7.90. The van der Waals surface area contributed by atoms with E-state index in [4.69, 9.17) is 5.21 Å². The van der Waals surface area contributed by atoms with Gasteiger partial charge in [0.15, 0.2) is 9.84 Å². The molecule has 19 heavy (non-hydrogen) atoms. The maximum Gasteiger partial charge on any atom is 0.316 e. The lowest BCUT2D eigenvalue weighted by Crippen LogP contribution is -2.05. The molecule has 0 unspecified atom stereocenters. The zero-order valence-electron chi connectivity index (χ0n) is 9.93. The molecule has 0 aliphatic heterocycles. The first-order chi connectivity index (χ1) is 8.99. The second kappa shape index (κ2) is 5.19. The van der Waals surface area contributed by atoms with E-state index in [-0.39, 0.29) is 21.3 Å². The van der Waals surface area contributed by atoms with Crippen molar-refractivity contribution in [3.63, 3.8) is 0 Å². The Kier molecular flexibility index (Phi) is 3.62. The minimum absolute atomic E-state index is 0.0151. The Labute approximate surface area is 110 Å². The molecule has 6 heteroatoms. The molecule has 2 aromatic carbocycles. The zero-order chi connectivity index (χ0) is 13.9. The second-order valence-corrected chi connectivity index (χ2v) is 6.00. The van der Waals surface area contributed by atoms with E-state index in [0.29, 0.717) is 5.56 Å². The molecule has 0 heterocycles. The maximum absolute atomic E-state index is 12.1. The minimum Gasteiger partial charge on any atom is -0.241 e. The van der Waals surface area contributed by atoms with Crippen LogP contribution in [-0.4, -0.2) is 18.5 Å². The summed E-state index contributed by atoms with van der Waals surface area (Å²) in [7, 11) is -3.46. The van der Waals surface area contributed by atoms with E-state index in [2.05, 4.69) is 0 Å². The van der Waals surface area contributed by atoms with E-state index in [1.54, 1.807) is 24.3 Å². The van der Waals surface area contributed by atoms with E-state index < -0.39 is 9.84 Å². The molecular formula is C13H12NO4S+. The topological polar surface area (TPSA) is 74.5 Å². The molecule has 0 fully saturated rings. The maximum atomic E-state index is 12.1. The van der Waals surface area contributed by atoms with Crippen LogP contribution in [0.3, 0.4) is 0 Å². The van der Waals surface area contributed by atoms with E-state index in [1.165, 1.54) is 24.3 Å². The smallest absolute Gasteiger partial charge is 0.241 e. The van der Waals surface area contributed by atoms with Gasteiger partial charge in [0.2, 0.25) is 0 Å². The van der Waals surface area contributed by atoms with Crippen LogP contribution in [0.4, 0.5) is 5.69 Å². The third-order valence-electron chi connectivity index (χ3n) is 2.62. The minimum atomic E-state index is -3.46. The monoisotopic (exact) mass is 278 g/mol. The van der Waals surface area contributed by atoms with Crippen LogP contribution < -0.4 is 0 Å². The molecule has 0 spiro atoms. The Morgan fingerprint density at radius 1 is 0.947 bits per heavy atom. The van der Waals surface area contributed by atoms with Crippen LogP contribution >= 0.6 is 0 Å². The molecule has 0 aliphatic carbocycles. The largest absolute Gasteiger partial charge is 0.316 e. The molecule has 0 aromatic heterocycles. The number of nitrogens with zero attached hydrogens (tertiary/aromatic N) is 1. The molecule has 98 valence electrons. The van der Waals surface area contributed by atoms with Crippen molar-refractivity contribution < 1.29 is 18.5 Å². The van der Waals surface area contributed by atoms with Gasteiger partial charge in [-0.15, -0.1) is 0 Å². The molecule has 0 bridgehead atoms. The summed E-state index contributed by atoms with van der Waals surface area (Å²) < 4.78 is 24.3. The van der Waals surface area contributed by atoms with Gasteiger partial charge in [0.25, 0.3) is 4.92 Å². The second-order valence-electron chi connectivity index (χ2n) is 4.01. The van der Waals surface area contributed by atoms with Gasteiger partial charge in [-0.3, -0.25) is 0 Å². The van der Waals surface area contributed by atoms with Crippen LogP contribution in [0.15, 0.2) is 59.5 Å². The summed E-state index contributed by atoms with van der Waals surface area (Å²) in [6, 6.07) is 13.9. The van der Waals surface area contributed by atoms with Crippen LogP contribution in [0.25, 0.3) is 0 Å². The summed E-state index contributed by atoms with van der Waals surface area (Å²) in [6.45, 7) is 0. The molecule has 0 aliphatic rings. The van der Waals surface area contributed by atoms with Gasteiger partial charge in [0.1, 0.15) is 0 Å². The van der Waals surface area contributed by atoms with Gasteiger partial charge < -0.3 is 0 Å². The average molecular weight is 278 g/mol. The average Bonchev–Trinajstić information content (AvgIpc) is 2.39. The first kappa shape index (κ1) is 13.2. The fourth-order valence-corrected chi connectivity index (χ4v) is 3.01. The molecule has 0 radical (unpaired) electrons. The fraction of sp³-hybridized carbons (Fsp3) is 0.0769. The number of hydrogen-bond acceptors (Lipinski definition) is 3. The number of sulfone groups is 1. The Balaban J connectivity index is 2.27. The molecule has 2 rings (SSSR count). The van der Waals surface area contributed by atoms with Gasteiger partial charge in [0, 0.05) is 12.1 Å². The SMILES string of the molecule is O=[N+](O)c1ccc(S(=O)(=O)Cc2ccccc2)cc1. The van der Waals surface area contributed by atoms with Crippen molar-refractivity contribution >= 4 is 15.5 Å². The molecule has 2 aromatic rings. The van der Waals surface area contributed by atoms with Crippen LogP contribution in [0.2, 0.25) is 0 Å². The highest BCUT2D eigenvalue weighted by atomic mass is 32.2. The van der Waals surface area contributed by atoms with E-state index in [0.717, 1.165) is 0 Å². The van der Waals surface area contributed by atoms with Crippen LogP contribution in [0.1, 0.15) is 5.56 Å². The normalized spacial score (nSPS) is 11.2. The summed E-state index contributed by atoms with van der Waals surface area (Å²) in [4.78, 5) is 10.4. The van der Waals surface area contributed by atoms with Crippen molar-refractivity contribution in [3.05, 3.63) is 65.1 Å². The Hall–Kier alpha value is -2.21. The predicted octanol–water partition coefficient (Wildman–Crippen LogP) is 2.46. The Bertz CT molecular complexity index is 678. The van der Waals surface area contributed by atoms with E-state index in [1.807, 2.05) is 6.07 Å². The molecule has 5 nitrogen and oxygen atoms in total. The van der Waals surface area contributed by atoms with Crippen molar-refractivity contribution in [3.8, 4) is 0 Å². The molecule has 0 saturated heterocycles. The summed E-state index contributed by atoms with van der Waals surface area (Å²) in [6.07, 6.45) is 0. The third-order valence-corrected chi connectivity index (χ3v) is 4.32. The molecular weight excluding hydrogens is 266 g/mol. The summed E-state index contributed by atoms with van der Waals surface area (Å²) in [5.41, 5.74) is 0.679. The van der Waals surface area contributed by atoms with Gasteiger partial charge in [-0.1, -0.05) is 30.3 Å². The van der Waals surface area contributed by atoms with E-state index in [9.17, 15) is 13.3 Å². The van der Waals surface area contributed by atoms with Crippen molar-refractivity contribution in [2.24, 2.45) is 0 Å². The number of benzene rings is 2. The fourth-order valence-electron chi connectivity index (χ4n) is 1.66. The third kappa shape index (κ3) is 3.17. The van der Waals surface area contributed by atoms with Crippen LogP contribution in [0.5, 0.6) is 0 Å². The Morgan fingerprint density at radius 3 is 2.05 bits per heavy atom. The Morgan fingerprint density at radius 2 is 1.53 bits per heavy atom. The quantitative estimate of drug-likeness (QED) is 0.872. The predicted molar refractivity (Wildman–Crippen MR) is 68.8 cm³/mol. The summed E-state index contributed by atoms with van der Waals surface area (Å²) in [5, 5.41) is 8.68. The molecule has 0 amide bonds. The first-order valence-electron chi connectivity index (χ1n) is 5.52. The van der Waals surface area contributed by atoms with E-state index >= 15 is 0 Å². The molecule has 1 N–H and O–H groups in total. The lowest BCUT2D eigenvalue weighted by Gasteiger charge is -2.03. The van der Waals surface area contributed by atoms with Crippen molar-refractivity contribution in [2.75, 3.05) is 0 Å². The van der Waals surface area contributed by atoms with Crippen molar-refractivity contribution in [1.29, 1.82) is 0 Å². The van der Waals surface area contributed by atoms with Crippen molar-refractivity contribution in [1.82, 2.24) is 0 Å². The highest BCUT2D eigenvalue weighted by Crippen LogP contribution is 2.19. The van der Waals surface area contributed by atoms with Gasteiger partial charge in [-0.05, 0) is 17.7 Å². The van der Waals surface area contributed by atoms with Crippen LogP contribution in [-0.2, 0) is 15.6 Å². The first-order valence-corrected chi connectivity index (χ1v) is 7.17. The van der Waals surface area contributed by atoms with Crippen molar-refractivity contribution in [2.45, 2.75) is 10.6 Å². The van der Waals surface area contributed by atoms with Gasteiger partial charge in [-0.25, -0.2) is 13.6 Å². The summed E-state index contributed by atoms with van der Waals surface area (Å²) in [5.74, 6) is -0.104. The highest BCUT2D eigenvalue weighted by Gasteiger charge is 2.18. The zero-order valence-corrected chi connectivity index (χ0v) is 10.7.